The molecule has 5 nitrogen and oxygen atoms in total. The van der Waals surface area contributed by atoms with E-state index in [1.165, 1.54) is 6.07 Å². The minimum absolute atomic E-state index is 0.121. The zero-order valence-electron chi connectivity index (χ0n) is 18.3. The zero-order chi connectivity index (χ0) is 22.3. The number of esters is 1. The molecule has 1 saturated heterocycles. The van der Waals surface area contributed by atoms with E-state index in [-0.39, 0.29) is 17.8 Å². The van der Waals surface area contributed by atoms with Gasteiger partial charge in [-0.25, -0.2) is 9.18 Å². The highest BCUT2D eigenvalue weighted by molar-refractivity contribution is 5.89. The van der Waals surface area contributed by atoms with E-state index in [2.05, 4.69) is 26.9 Å². The Labute approximate surface area is 188 Å². The van der Waals surface area contributed by atoms with Crippen LogP contribution in [-0.4, -0.2) is 53.5 Å². The van der Waals surface area contributed by atoms with Gasteiger partial charge < -0.3 is 4.74 Å². The van der Waals surface area contributed by atoms with Crippen molar-refractivity contribution in [2.45, 2.75) is 19.5 Å². The lowest BCUT2D eigenvalue weighted by Crippen LogP contribution is -2.47. The Morgan fingerprint density at radius 1 is 1.03 bits per heavy atom. The molecule has 0 spiro atoms. The van der Waals surface area contributed by atoms with E-state index < -0.39 is 0 Å². The summed E-state index contributed by atoms with van der Waals surface area (Å²) >= 11 is 0. The first-order chi connectivity index (χ1) is 15.7. The Kier molecular flexibility index (Phi) is 7.24. The first-order valence-electron chi connectivity index (χ1n) is 11.0. The lowest BCUT2D eigenvalue weighted by Gasteiger charge is -2.39. The lowest BCUT2D eigenvalue weighted by atomic mass is 9.96. The second-order valence-electron chi connectivity index (χ2n) is 7.90. The van der Waals surface area contributed by atoms with Gasteiger partial charge in [-0.1, -0.05) is 48.5 Å². The summed E-state index contributed by atoms with van der Waals surface area (Å²) in [5, 5.41) is 0. The van der Waals surface area contributed by atoms with Crippen molar-refractivity contribution >= 4 is 5.97 Å². The zero-order valence-corrected chi connectivity index (χ0v) is 18.3. The van der Waals surface area contributed by atoms with Gasteiger partial charge in [0.2, 0.25) is 0 Å². The van der Waals surface area contributed by atoms with Crippen LogP contribution < -0.4 is 0 Å². The highest BCUT2D eigenvalue weighted by Crippen LogP contribution is 2.31. The Balaban J connectivity index is 1.45. The average Bonchev–Trinajstić information content (AvgIpc) is 2.83. The fraction of sp³-hybridized carbons (Fsp3) is 0.308. The van der Waals surface area contributed by atoms with Crippen molar-refractivity contribution in [3.8, 4) is 0 Å². The molecule has 1 aliphatic heterocycles. The quantitative estimate of drug-likeness (QED) is 0.520. The number of carbonyl (C=O) groups is 1. The maximum absolute atomic E-state index is 14.7. The van der Waals surface area contributed by atoms with Crippen LogP contribution in [0.15, 0.2) is 72.9 Å². The fourth-order valence-electron chi connectivity index (χ4n) is 4.23. The van der Waals surface area contributed by atoms with Gasteiger partial charge in [0.1, 0.15) is 5.82 Å². The van der Waals surface area contributed by atoms with E-state index in [4.69, 9.17) is 4.74 Å². The number of hydrogen-bond acceptors (Lipinski definition) is 5. The molecule has 2 aromatic carbocycles. The molecule has 0 amide bonds. The van der Waals surface area contributed by atoms with Crippen LogP contribution in [0.1, 0.15) is 40.1 Å². The summed E-state index contributed by atoms with van der Waals surface area (Å²) in [7, 11) is 0. The lowest BCUT2D eigenvalue weighted by molar-refractivity contribution is 0.0525. The van der Waals surface area contributed by atoms with Gasteiger partial charge in [-0.2, -0.15) is 0 Å². The molecule has 4 rings (SSSR count). The van der Waals surface area contributed by atoms with Gasteiger partial charge in [-0.15, -0.1) is 0 Å². The van der Waals surface area contributed by atoms with Gasteiger partial charge in [0.25, 0.3) is 0 Å². The number of carbonyl (C=O) groups excluding carboxylic acids is 1. The Bertz CT molecular complexity index is 1040. The maximum Gasteiger partial charge on any atom is 0.338 e. The number of piperazine rings is 1. The van der Waals surface area contributed by atoms with Gasteiger partial charge >= 0.3 is 5.97 Å². The number of ether oxygens (including phenoxy) is 1. The Hall–Kier alpha value is -3.09. The van der Waals surface area contributed by atoms with Gasteiger partial charge in [0.05, 0.1) is 23.9 Å². The minimum Gasteiger partial charge on any atom is -0.462 e. The van der Waals surface area contributed by atoms with Crippen molar-refractivity contribution in [3.05, 3.63) is 101 Å². The van der Waals surface area contributed by atoms with Crippen molar-refractivity contribution in [2.75, 3.05) is 32.8 Å². The van der Waals surface area contributed by atoms with Crippen LogP contribution in [-0.2, 0) is 11.3 Å². The summed E-state index contributed by atoms with van der Waals surface area (Å²) in [5.41, 5.74) is 3.17. The van der Waals surface area contributed by atoms with Gasteiger partial charge in [0, 0.05) is 44.5 Å². The molecule has 0 aliphatic carbocycles. The second-order valence-corrected chi connectivity index (χ2v) is 7.90. The summed E-state index contributed by atoms with van der Waals surface area (Å²) < 4.78 is 19.8. The molecular weight excluding hydrogens is 405 g/mol. The molecule has 2 heterocycles. The summed E-state index contributed by atoms with van der Waals surface area (Å²) in [4.78, 5) is 21.1. The number of halogens is 1. The van der Waals surface area contributed by atoms with E-state index in [1.54, 1.807) is 31.3 Å². The van der Waals surface area contributed by atoms with Gasteiger partial charge in [-0.3, -0.25) is 14.8 Å². The maximum atomic E-state index is 14.7. The molecule has 1 unspecified atom stereocenters. The van der Waals surface area contributed by atoms with Crippen LogP contribution in [0.25, 0.3) is 0 Å². The Morgan fingerprint density at radius 3 is 2.47 bits per heavy atom. The normalized spacial score (nSPS) is 15.9. The van der Waals surface area contributed by atoms with Crippen LogP contribution in [0.2, 0.25) is 0 Å². The molecule has 1 aromatic heterocycles. The van der Waals surface area contributed by atoms with E-state index in [1.807, 2.05) is 30.3 Å². The average molecular weight is 434 g/mol. The van der Waals surface area contributed by atoms with E-state index in [0.717, 1.165) is 37.4 Å². The van der Waals surface area contributed by atoms with Gasteiger partial charge in [-0.05, 0) is 30.7 Å². The molecule has 0 N–H and O–H groups in total. The third kappa shape index (κ3) is 5.21. The molecule has 166 valence electrons. The predicted molar refractivity (Wildman–Crippen MR) is 122 cm³/mol. The van der Waals surface area contributed by atoms with Crippen LogP contribution in [0.3, 0.4) is 0 Å². The van der Waals surface area contributed by atoms with Crippen molar-refractivity contribution < 1.29 is 13.9 Å². The van der Waals surface area contributed by atoms with Crippen molar-refractivity contribution in [1.82, 2.24) is 14.8 Å². The summed E-state index contributed by atoms with van der Waals surface area (Å²) in [6.07, 6.45) is 1.65. The Morgan fingerprint density at radius 2 is 1.75 bits per heavy atom. The van der Waals surface area contributed by atoms with Crippen molar-refractivity contribution in [1.29, 1.82) is 0 Å². The number of nitrogens with zero attached hydrogens (tertiary/aromatic N) is 3. The predicted octanol–water partition coefficient (Wildman–Crippen LogP) is 4.30. The summed E-state index contributed by atoms with van der Waals surface area (Å²) in [5.74, 6) is -0.500. The molecule has 6 heteroatoms. The molecule has 32 heavy (non-hydrogen) atoms. The van der Waals surface area contributed by atoms with Crippen molar-refractivity contribution in [2.24, 2.45) is 0 Å². The van der Waals surface area contributed by atoms with E-state index >= 15 is 0 Å². The number of benzene rings is 2. The van der Waals surface area contributed by atoms with E-state index in [9.17, 15) is 9.18 Å². The molecule has 0 bridgehead atoms. The van der Waals surface area contributed by atoms with Crippen LogP contribution in [0.4, 0.5) is 4.39 Å². The molecule has 1 atom stereocenters. The molecule has 1 aliphatic rings. The first kappa shape index (κ1) is 22.1. The SMILES string of the molecule is CCOC(=O)c1ccnc(CN2CCN(C(c3ccccc3)c3ccccc3F)CC2)c1. The van der Waals surface area contributed by atoms with Crippen LogP contribution in [0, 0.1) is 5.82 Å². The minimum atomic E-state index is -0.323. The highest BCUT2D eigenvalue weighted by Gasteiger charge is 2.28. The smallest absolute Gasteiger partial charge is 0.338 e. The number of rotatable bonds is 7. The second kappa shape index (κ2) is 10.5. The van der Waals surface area contributed by atoms with Crippen LogP contribution in [0.5, 0.6) is 0 Å². The molecular formula is C26H28FN3O2. The van der Waals surface area contributed by atoms with Gasteiger partial charge in [0.15, 0.2) is 0 Å². The number of pyridine rings is 1. The largest absolute Gasteiger partial charge is 0.462 e. The molecule has 3 aromatic rings. The standard InChI is InChI=1S/C26H28FN3O2/c1-2-32-26(31)21-12-13-28-22(18-21)19-29-14-16-30(17-15-29)25(20-8-4-3-5-9-20)23-10-6-7-11-24(23)27/h3-13,18,25H,2,14-17,19H2,1H3. The number of aromatic nitrogens is 1. The van der Waals surface area contributed by atoms with Crippen molar-refractivity contribution in [3.63, 3.8) is 0 Å². The molecule has 0 saturated carbocycles. The first-order valence-corrected chi connectivity index (χ1v) is 11.0. The topological polar surface area (TPSA) is 45.7 Å². The summed E-state index contributed by atoms with van der Waals surface area (Å²) in [6.45, 7) is 6.10. The third-order valence-electron chi connectivity index (χ3n) is 5.80. The van der Waals surface area contributed by atoms with E-state index in [0.29, 0.717) is 24.3 Å². The third-order valence-corrected chi connectivity index (χ3v) is 5.80. The molecule has 1 fully saturated rings. The number of hydrogen-bond donors (Lipinski definition) is 0. The van der Waals surface area contributed by atoms with Crippen LogP contribution >= 0.6 is 0 Å². The highest BCUT2D eigenvalue weighted by atomic mass is 19.1. The summed E-state index contributed by atoms with van der Waals surface area (Å²) in [6, 6.07) is 20.5. The fourth-order valence-corrected chi connectivity index (χ4v) is 4.23. The molecule has 0 radical (unpaired) electrons. The monoisotopic (exact) mass is 433 g/mol.